The van der Waals surface area contributed by atoms with E-state index in [0.29, 0.717) is 23.4 Å². The lowest BCUT2D eigenvalue weighted by Crippen LogP contribution is -2.37. The number of phenols is 1. The van der Waals surface area contributed by atoms with E-state index in [1.165, 1.54) is 7.11 Å². The molecule has 1 aromatic rings. The van der Waals surface area contributed by atoms with E-state index in [-0.39, 0.29) is 11.9 Å². The van der Waals surface area contributed by atoms with Crippen molar-refractivity contribution in [1.29, 1.82) is 0 Å². The fourth-order valence-electron chi connectivity index (χ4n) is 2.36. The van der Waals surface area contributed by atoms with Gasteiger partial charge in [-0.1, -0.05) is 11.6 Å². The predicted octanol–water partition coefficient (Wildman–Crippen LogP) is 2.71. The summed E-state index contributed by atoms with van der Waals surface area (Å²) < 4.78 is 10.6. The Morgan fingerprint density at radius 3 is 3.00 bits per heavy atom. The molecule has 0 aromatic heterocycles. The van der Waals surface area contributed by atoms with E-state index in [1.54, 1.807) is 12.1 Å². The lowest BCUT2D eigenvalue weighted by atomic mass is 10.0. The molecule has 0 radical (unpaired) electrons. The molecule has 1 aliphatic rings. The Hall–Kier alpha value is -0.970. The average molecular weight is 286 g/mol. The van der Waals surface area contributed by atoms with Crippen LogP contribution < -0.4 is 10.1 Å². The third-order valence-electron chi connectivity index (χ3n) is 3.40. The van der Waals surface area contributed by atoms with Gasteiger partial charge in [-0.25, -0.2) is 0 Å². The summed E-state index contributed by atoms with van der Waals surface area (Å²) >= 11 is 6.01. The molecule has 4 nitrogen and oxygen atoms in total. The molecule has 0 aliphatic carbocycles. The van der Waals surface area contributed by atoms with E-state index in [1.807, 2.05) is 0 Å². The molecule has 1 aliphatic heterocycles. The van der Waals surface area contributed by atoms with Crippen LogP contribution in [0.25, 0.3) is 0 Å². The smallest absolute Gasteiger partial charge is 0.162 e. The molecule has 2 rings (SSSR count). The van der Waals surface area contributed by atoms with Gasteiger partial charge in [0.1, 0.15) is 0 Å². The largest absolute Gasteiger partial charge is 0.504 e. The van der Waals surface area contributed by atoms with Gasteiger partial charge >= 0.3 is 0 Å². The van der Waals surface area contributed by atoms with Crippen LogP contribution in [0.15, 0.2) is 12.1 Å². The topological polar surface area (TPSA) is 50.7 Å². The van der Waals surface area contributed by atoms with Gasteiger partial charge in [-0.05, 0) is 25.8 Å². The number of nitrogens with one attached hydrogen (secondary N) is 1. The van der Waals surface area contributed by atoms with Crippen LogP contribution in [0.5, 0.6) is 11.5 Å². The minimum absolute atomic E-state index is 0.152. The van der Waals surface area contributed by atoms with Gasteiger partial charge in [0.15, 0.2) is 11.5 Å². The summed E-state index contributed by atoms with van der Waals surface area (Å²) in [6.45, 7) is 3.43. The summed E-state index contributed by atoms with van der Waals surface area (Å²) in [6, 6.07) is 3.78. The third kappa shape index (κ3) is 3.75. The SMILES string of the molecule is COc1cc(Cl)cc(CNC2CCOC(C)C2)c1O. The van der Waals surface area contributed by atoms with Gasteiger partial charge in [-0.2, -0.15) is 0 Å². The number of ether oxygens (including phenoxy) is 2. The van der Waals surface area contributed by atoms with Gasteiger partial charge in [0, 0.05) is 35.8 Å². The van der Waals surface area contributed by atoms with E-state index >= 15 is 0 Å². The molecule has 2 N–H and O–H groups in total. The first kappa shape index (κ1) is 14.4. The Morgan fingerprint density at radius 2 is 2.32 bits per heavy atom. The van der Waals surface area contributed by atoms with Crippen molar-refractivity contribution in [2.45, 2.75) is 38.5 Å². The first-order valence-corrected chi connectivity index (χ1v) is 6.88. The summed E-state index contributed by atoms with van der Waals surface area (Å²) in [5.41, 5.74) is 0.753. The fraction of sp³-hybridized carbons (Fsp3) is 0.571. The van der Waals surface area contributed by atoms with Gasteiger partial charge < -0.3 is 19.9 Å². The summed E-state index contributed by atoms with van der Waals surface area (Å²) in [7, 11) is 1.52. The van der Waals surface area contributed by atoms with Crippen molar-refractivity contribution >= 4 is 11.6 Å². The van der Waals surface area contributed by atoms with Gasteiger partial charge in [0.05, 0.1) is 13.2 Å². The molecule has 2 atom stereocenters. The van der Waals surface area contributed by atoms with Gasteiger partial charge in [0.25, 0.3) is 0 Å². The monoisotopic (exact) mass is 285 g/mol. The lowest BCUT2D eigenvalue weighted by molar-refractivity contribution is 0.0130. The second-order valence-electron chi connectivity index (χ2n) is 4.90. The number of rotatable bonds is 4. The summed E-state index contributed by atoms with van der Waals surface area (Å²) in [5.74, 6) is 0.559. The van der Waals surface area contributed by atoms with Crippen molar-refractivity contribution < 1.29 is 14.6 Å². The number of halogens is 1. The highest BCUT2D eigenvalue weighted by Gasteiger charge is 2.19. The van der Waals surface area contributed by atoms with E-state index in [4.69, 9.17) is 21.1 Å². The van der Waals surface area contributed by atoms with Crippen molar-refractivity contribution in [2.24, 2.45) is 0 Å². The summed E-state index contributed by atoms with van der Waals surface area (Å²) in [4.78, 5) is 0. The van der Waals surface area contributed by atoms with Crippen molar-refractivity contribution in [3.63, 3.8) is 0 Å². The number of hydrogen-bond donors (Lipinski definition) is 2. The maximum Gasteiger partial charge on any atom is 0.162 e. The normalized spacial score (nSPS) is 23.3. The molecule has 0 spiro atoms. The molecule has 0 bridgehead atoms. The van der Waals surface area contributed by atoms with E-state index in [2.05, 4.69) is 12.2 Å². The predicted molar refractivity (Wildman–Crippen MR) is 74.9 cm³/mol. The zero-order chi connectivity index (χ0) is 13.8. The van der Waals surface area contributed by atoms with Crippen LogP contribution in [0, 0.1) is 0 Å². The Morgan fingerprint density at radius 1 is 1.53 bits per heavy atom. The quantitative estimate of drug-likeness (QED) is 0.893. The Bertz CT molecular complexity index is 439. The minimum Gasteiger partial charge on any atom is -0.504 e. The van der Waals surface area contributed by atoms with Crippen LogP contribution in [0.3, 0.4) is 0 Å². The van der Waals surface area contributed by atoms with Crippen molar-refractivity contribution in [1.82, 2.24) is 5.32 Å². The molecule has 0 amide bonds. The van der Waals surface area contributed by atoms with E-state index in [9.17, 15) is 5.11 Å². The van der Waals surface area contributed by atoms with E-state index < -0.39 is 0 Å². The molecule has 2 unspecified atom stereocenters. The Balaban J connectivity index is 2.01. The Kier molecular flexibility index (Phi) is 4.91. The molecule has 1 fully saturated rings. The van der Waals surface area contributed by atoms with Gasteiger partial charge in [0.2, 0.25) is 0 Å². The zero-order valence-corrected chi connectivity index (χ0v) is 12.0. The molecule has 1 saturated heterocycles. The van der Waals surface area contributed by atoms with E-state index in [0.717, 1.165) is 25.0 Å². The van der Waals surface area contributed by atoms with Crippen LogP contribution in [-0.2, 0) is 11.3 Å². The first-order valence-electron chi connectivity index (χ1n) is 6.50. The average Bonchev–Trinajstić information content (AvgIpc) is 2.39. The van der Waals surface area contributed by atoms with Crippen molar-refractivity contribution in [3.05, 3.63) is 22.7 Å². The van der Waals surface area contributed by atoms with Crippen molar-refractivity contribution in [2.75, 3.05) is 13.7 Å². The molecular weight excluding hydrogens is 266 g/mol. The fourth-order valence-corrected chi connectivity index (χ4v) is 2.59. The number of methoxy groups -OCH3 is 1. The maximum absolute atomic E-state index is 10.0. The Labute approximate surface area is 118 Å². The molecule has 106 valence electrons. The highest BCUT2D eigenvalue weighted by molar-refractivity contribution is 6.30. The second kappa shape index (κ2) is 6.46. The zero-order valence-electron chi connectivity index (χ0n) is 11.3. The van der Waals surface area contributed by atoms with Crippen LogP contribution in [0.2, 0.25) is 5.02 Å². The summed E-state index contributed by atoms with van der Waals surface area (Å²) in [5, 5.41) is 14.0. The molecule has 19 heavy (non-hydrogen) atoms. The molecule has 5 heteroatoms. The molecule has 1 heterocycles. The standard InChI is InChI=1S/C14H20ClNO3/c1-9-5-12(3-4-19-9)16-8-10-6-11(15)7-13(18-2)14(10)17/h6-7,9,12,16-17H,3-5,8H2,1-2H3. The molecule has 1 aromatic carbocycles. The minimum atomic E-state index is 0.152. The highest BCUT2D eigenvalue weighted by atomic mass is 35.5. The number of benzene rings is 1. The number of phenolic OH excluding ortho intramolecular Hbond substituents is 1. The second-order valence-corrected chi connectivity index (χ2v) is 5.34. The summed E-state index contributed by atoms with van der Waals surface area (Å²) in [6.07, 6.45) is 2.26. The third-order valence-corrected chi connectivity index (χ3v) is 3.62. The maximum atomic E-state index is 10.0. The van der Waals surface area contributed by atoms with Crippen molar-refractivity contribution in [3.8, 4) is 11.5 Å². The lowest BCUT2D eigenvalue weighted by Gasteiger charge is -2.28. The molecular formula is C14H20ClNO3. The van der Waals surface area contributed by atoms with Crippen LogP contribution in [0.4, 0.5) is 0 Å². The van der Waals surface area contributed by atoms with Crippen LogP contribution >= 0.6 is 11.6 Å². The highest BCUT2D eigenvalue weighted by Crippen LogP contribution is 2.33. The number of aromatic hydroxyl groups is 1. The molecule has 0 saturated carbocycles. The van der Waals surface area contributed by atoms with Crippen LogP contribution in [0.1, 0.15) is 25.3 Å². The first-order chi connectivity index (χ1) is 9.10. The number of hydrogen-bond acceptors (Lipinski definition) is 4. The van der Waals surface area contributed by atoms with Crippen LogP contribution in [-0.4, -0.2) is 31.0 Å². The van der Waals surface area contributed by atoms with Gasteiger partial charge in [-0.15, -0.1) is 0 Å². The van der Waals surface area contributed by atoms with Gasteiger partial charge in [-0.3, -0.25) is 0 Å².